The Morgan fingerprint density at radius 2 is 2.45 bits per heavy atom. The predicted molar refractivity (Wildman–Crippen MR) is 73.0 cm³/mol. The van der Waals surface area contributed by atoms with Crippen LogP contribution in [0.3, 0.4) is 0 Å². The minimum Gasteiger partial charge on any atom is -0.472 e. The van der Waals surface area contributed by atoms with E-state index in [-0.39, 0.29) is 6.03 Å². The monoisotopic (exact) mass is 274 g/mol. The lowest BCUT2D eigenvalue weighted by Crippen LogP contribution is -2.39. The van der Waals surface area contributed by atoms with E-state index in [4.69, 9.17) is 4.42 Å². The minimum absolute atomic E-state index is 0.136. The van der Waals surface area contributed by atoms with Crippen LogP contribution in [-0.2, 0) is 19.5 Å². The van der Waals surface area contributed by atoms with Gasteiger partial charge in [-0.25, -0.2) is 9.78 Å². The molecule has 2 aromatic heterocycles. The minimum atomic E-state index is -0.136. The quantitative estimate of drug-likeness (QED) is 0.888. The molecule has 3 heterocycles. The lowest BCUT2D eigenvalue weighted by atomic mass is 9.99. The van der Waals surface area contributed by atoms with Crippen LogP contribution in [0.5, 0.6) is 0 Å². The third-order valence-corrected chi connectivity index (χ3v) is 3.62. The highest BCUT2D eigenvalue weighted by Crippen LogP contribution is 2.17. The van der Waals surface area contributed by atoms with Gasteiger partial charge in [0.2, 0.25) is 0 Å². The van der Waals surface area contributed by atoms with E-state index >= 15 is 0 Å². The van der Waals surface area contributed by atoms with E-state index in [1.165, 1.54) is 0 Å². The molecule has 20 heavy (non-hydrogen) atoms. The summed E-state index contributed by atoms with van der Waals surface area (Å²) in [5, 5.41) is 5.73. The number of aryl methyl sites for hydroxylation is 1. The second-order valence-corrected chi connectivity index (χ2v) is 5.10. The van der Waals surface area contributed by atoms with Crippen LogP contribution in [0.25, 0.3) is 0 Å². The average molecular weight is 274 g/mol. The van der Waals surface area contributed by atoms with Gasteiger partial charge in [-0.05, 0) is 18.4 Å². The third-order valence-electron chi connectivity index (χ3n) is 3.62. The zero-order valence-corrected chi connectivity index (χ0v) is 11.2. The van der Waals surface area contributed by atoms with Gasteiger partial charge in [-0.3, -0.25) is 0 Å². The van der Waals surface area contributed by atoms with Gasteiger partial charge >= 0.3 is 6.03 Å². The molecular formula is C14H18N4O2. The smallest absolute Gasteiger partial charge is 0.315 e. The van der Waals surface area contributed by atoms with Crippen LogP contribution >= 0.6 is 0 Å². The Bertz CT molecular complexity index is 562. The van der Waals surface area contributed by atoms with Crippen LogP contribution < -0.4 is 10.6 Å². The third kappa shape index (κ3) is 3.01. The molecule has 3 rings (SSSR count). The van der Waals surface area contributed by atoms with Crippen molar-refractivity contribution in [2.24, 2.45) is 5.92 Å². The van der Waals surface area contributed by atoms with Gasteiger partial charge in [0.25, 0.3) is 0 Å². The molecule has 0 spiro atoms. The van der Waals surface area contributed by atoms with E-state index < -0.39 is 0 Å². The zero-order valence-electron chi connectivity index (χ0n) is 11.2. The number of hydrogen-bond donors (Lipinski definition) is 2. The SMILES string of the molecule is O=C(NCc1ccoc1)NC[C@H]1CCc2nccn2C1. The van der Waals surface area contributed by atoms with Gasteiger partial charge in [0.1, 0.15) is 5.82 Å². The van der Waals surface area contributed by atoms with Gasteiger partial charge in [0.15, 0.2) is 0 Å². The van der Waals surface area contributed by atoms with Crippen molar-refractivity contribution in [3.8, 4) is 0 Å². The molecule has 2 N–H and O–H groups in total. The van der Waals surface area contributed by atoms with Crippen molar-refractivity contribution in [2.75, 3.05) is 6.54 Å². The van der Waals surface area contributed by atoms with Gasteiger partial charge in [-0.15, -0.1) is 0 Å². The molecule has 0 aliphatic carbocycles. The molecule has 0 saturated heterocycles. The van der Waals surface area contributed by atoms with Crippen molar-refractivity contribution in [3.63, 3.8) is 0 Å². The summed E-state index contributed by atoms with van der Waals surface area (Å²) >= 11 is 0. The Morgan fingerprint density at radius 3 is 3.30 bits per heavy atom. The Balaban J connectivity index is 1.40. The summed E-state index contributed by atoms with van der Waals surface area (Å²) in [6.07, 6.45) is 9.11. The van der Waals surface area contributed by atoms with Crippen molar-refractivity contribution in [1.82, 2.24) is 20.2 Å². The van der Waals surface area contributed by atoms with Crippen molar-refractivity contribution in [3.05, 3.63) is 42.4 Å². The van der Waals surface area contributed by atoms with Crippen LogP contribution in [0.15, 0.2) is 35.4 Å². The first-order chi connectivity index (χ1) is 9.81. The standard InChI is InChI=1S/C14H18N4O2/c19-14(17-8-12-3-6-20-10-12)16-7-11-1-2-13-15-4-5-18(13)9-11/h3-6,10-11H,1-2,7-9H2,(H2,16,17,19)/t11-/m1/s1. The summed E-state index contributed by atoms with van der Waals surface area (Å²) in [6, 6.07) is 1.70. The summed E-state index contributed by atoms with van der Waals surface area (Å²) in [6.45, 7) is 2.10. The molecule has 2 amide bonds. The molecule has 0 fully saturated rings. The molecule has 0 radical (unpaired) electrons. The topological polar surface area (TPSA) is 72.1 Å². The summed E-state index contributed by atoms with van der Waals surface area (Å²) < 4.78 is 7.11. The van der Waals surface area contributed by atoms with Crippen LogP contribution in [-0.4, -0.2) is 22.1 Å². The van der Waals surface area contributed by atoms with Crippen molar-refractivity contribution >= 4 is 6.03 Å². The number of hydrogen-bond acceptors (Lipinski definition) is 3. The number of urea groups is 1. The molecule has 1 aliphatic heterocycles. The first-order valence-corrected chi connectivity index (χ1v) is 6.84. The van der Waals surface area contributed by atoms with E-state index in [1.54, 1.807) is 12.5 Å². The highest BCUT2D eigenvalue weighted by atomic mass is 16.3. The molecule has 0 unspecified atom stereocenters. The maximum atomic E-state index is 11.7. The Kier molecular flexibility index (Phi) is 3.71. The summed E-state index contributed by atoms with van der Waals surface area (Å²) in [7, 11) is 0. The number of rotatable bonds is 4. The van der Waals surface area contributed by atoms with Crippen LogP contribution in [0, 0.1) is 5.92 Å². The van der Waals surface area contributed by atoms with Crippen LogP contribution in [0.1, 0.15) is 17.8 Å². The van der Waals surface area contributed by atoms with Gasteiger partial charge < -0.3 is 19.6 Å². The fourth-order valence-electron chi connectivity index (χ4n) is 2.48. The van der Waals surface area contributed by atoms with E-state index in [9.17, 15) is 4.79 Å². The first-order valence-electron chi connectivity index (χ1n) is 6.84. The lowest BCUT2D eigenvalue weighted by Gasteiger charge is -2.23. The largest absolute Gasteiger partial charge is 0.472 e. The highest BCUT2D eigenvalue weighted by molar-refractivity contribution is 5.73. The number of amides is 2. The maximum Gasteiger partial charge on any atom is 0.315 e. The second-order valence-electron chi connectivity index (χ2n) is 5.10. The Labute approximate surface area is 117 Å². The number of aromatic nitrogens is 2. The van der Waals surface area contributed by atoms with Crippen LogP contribution in [0.2, 0.25) is 0 Å². The fourth-order valence-corrected chi connectivity index (χ4v) is 2.48. The second kappa shape index (κ2) is 5.81. The van der Waals surface area contributed by atoms with Crippen molar-refractivity contribution < 1.29 is 9.21 Å². The summed E-state index contributed by atoms with van der Waals surface area (Å²) in [5.41, 5.74) is 0.959. The predicted octanol–water partition coefficient (Wildman–Crippen LogP) is 1.54. The molecule has 6 heteroatoms. The molecule has 0 bridgehead atoms. The van der Waals surface area contributed by atoms with Gasteiger partial charge in [0, 0.05) is 44.0 Å². The molecule has 0 aromatic carbocycles. The van der Waals surface area contributed by atoms with E-state index in [2.05, 4.69) is 20.2 Å². The number of furan rings is 1. The van der Waals surface area contributed by atoms with Gasteiger partial charge in [-0.1, -0.05) is 0 Å². The van der Waals surface area contributed by atoms with Gasteiger partial charge in [-0.2, -0.15) is 0 Å². The Morgan fingerprint density at radius 1 is 1.50 bits per heavy atom. The van der Waals surface area contributed by atoms with Crippen LogP contribution in [0.4, 0.5) is 4.79 Å². The number of carbonyl (C=O) groups is 1. The zero-order chi connectivity index (χ0) is 13.8. The average Bonchev–Trinajstić information content (AvgIpc) is 3.13. The molecular weight excluding hydrogens is 256 g/mol. The van der Waals surface area contributed by atoms with E-state index in [0.717, 1.165) is 30.8 Å². The van der Waals surface area contributed by atoms with Gasteiger partial charge in [0.05, 0.1) is 12.5 Å². The maximum absolute atomic E-state index is 11.7. The normalized spacial score (nSPS) is 17.5. The van der Waals surface area contributed by atoms with E-state index in [1.807, 2.05) is 18.5 Å². The number of carbonyl (C=O) groups excluding carboxylic acids is 1. The number of nitrogens with zero attached hydrogens (tertiary/aromatic N) is 2. The van der Waals surface area contributed by atoms with E-state index in [0.29, 0.717) is 19.0 Å². The molecule has 1 aliphatic rings. The summed E-state index contributed by atoms with van der Waals surface area (Å²) in [5.74, 6) is 1.61. The molecule has 106 valence electrons. The molecule has 6 nitrogen and oxygen atoms in total. The number of fused-ring (bicyclic) bond motifs is 1. The highest BCUT2D eigenvalue weighted by Gasteiger charge is 2.19. The lowest BCUT2D eigenvalue weighted by molar-refractivity contribution is 0.236. The fraction of sp³-hybridized carbons (Fsp3) is 0.429. The van der Waals surface area contributed by atoms with Crippen molar-refractivity contribution in [2.45, 2.75) is 25.9 Å². The molecule has 1 atom stereocenters. The Hall–Kier alpha value is -2.24. The molecule has 2 aromatic rings. The number of nitrogens with one attached hydrogen (secondary N) is 2. The van der Waals surface area contributed by atoms with Crippen molar-refractivity contribution in [1.29, 1.82) is 0 Å². The molecule has 0 saturated carbocycles. The first kappa shape index (κ1) is 12.8. The number of imidazole rings is 1. The summed E-state index contributed by atoms with van der Waals surface area (Å²) in [4.78, 5) is 16.0.